The first-order chi connectivity index (χ1) is 6.97. The second kappa shape index (κ2) is 4.94. The Morgan fingerprint density at radius 3 is 2.40 bits per heavy atom. The average Bonchev–Trinajstić information content (AvgIpc) is 2.61. The molecule has 1 N–H and O–H groups in total. The number of amides is 1. The zero-order chi connectivity index (χ0) is 11.6. The van der Waals surface area contributed by atoms with Gasteiger partial charge in [-0.25, -0.2) is 0 Å². The van der Waals surface area contributed by atoms with Gasteiger partial charge in [-0.15, -0.1) is 0 Å². The first kappa shape index (κ1) is 12.5. The van der Waals surface area contributed by atoms with Crippen molar-refractivity contribution in [2.24, 2.45) is 11.8 Å². The quantitative estimate of drug-likeness (QED) is 0.720. The van der Waals surface area contributed by atoms with Crippen molar-refractivity contribution in [1.29, 1.82) is 0 Å². The van der Waals surface area contributed by atoms with Crippen LogP contribution in [0.15, 0.2) is 0 Å². The number of likely N-dealkylation sites (tertiary alicyclic amines) is 1. The summed E-state index contributed by atoms with van der Waals surface area (Å²) in [6.07, 6.45) is 0. The van der Waals surface area contributed by atoms with Gasteiger partial charge in [-0.2, -0.15) is 0 Å². The summed E-state index contributed by atoms with van der Waals surface area (Å²) >= 11 is 0. The van der Waals surface area contributed by atoms with Gasteiger partial charge in [0.2, 0.25) is 5.91 Å². The van der Waals surface area contributed by atoms with Gasteiger partial charge in [0.15, 0.2) is 0 Å². The second-order valence-electron chi connectivity index (χ2n) is 4.90. The molecule has 0 radical (unpaired) electrons. The lowest BCUT2D eigenvalue weighted by Crippen LogP contribution is -2.38. The van der Waals surface area contributed by atoms with Crippen molar-refractivity contribution >= 4 is 5.91 Å². The summed E-state index contributed by atoms with van der Waals surface area (Å²) in [4.78, 5) is 15.4. The number of nitrogens with zero attached hydrogens (tertiary/aromatic N) is 2. The molecular weight excluding hydrogens is 192 g/mol. The van der Waals surface area contributed by atoms with Crippen LogP contribution in [0.5, 0.6) is 0 Å². The minimum atomic E-state index is -0.370. The van der Waals surface area contributed by atoms with Gasteiger partial charge >= 0.3 is 0 Å². The van der Waals surface area contributed by atoms with Gasteiger partial charge in [-0.3, -0.25) is 4.79 Å². The molecule has 4 heteroatoms. The average molecular weight is 214 g/mol. The van der Waals surface area contributed by atoms with Crippen molar-refractivity contribution < 1.29 is 9.90 Å². The highest BCUT2D eigenvalue weighted by Crippen LogP contribution is 2.26. The fourth-order valence-electron chi connectivity index (χ4n) is 2.32. The van der Waals surface area contributed by atoms with Gasteiger partial charge in [0.1, 0.15) is 6.61 Å². The molecular formula is C11H22N2O2. The second-order valence-corrected chi connectivity index (χ2v) is 4.90. The Morgan fingerprint density at radius 1 is 1.47 bits per heavy atom. The largest absolute Gasteiger partial charge is 0.387 e. The maximum Gasteiger partial charge on any atom is 0.248 e. The van der Waals surface area contributed by atoms with E-state index in [0.29, 0.717) is 17.9 Å². The van der Waals surface area contributed by atoms with Crippen LogP contribution in [0, 0.1) is 11.8 Å². The molecule has 1 rings (SSSR count). The van der Waals surface area contributed by atoms with E-state index in [4.69, 9.17) is 5.11 Å². The van der Waals surface area contributed by atoms with Crippen LogP contribution in [-0.2, 0) is 4.79 Å². The number of aliphatic hydroxyl groups is 1. The summed E-state index contributed by atoms with van der Waals surface area (Å²) in [5.74, 6) is 0.925. The van der Waals surface area contributed by atoms with Gasteiger partial charge in [0, 0.05) is 19.1 Å². The highest BCUT2D eigenvalue weighted by molar-refractivity contribution is 5.77. The Balaban J connectivity index is 2.69. The normalized spacial score (nSPS) is 26.7. The zero-order valence-electron chi connectivity index (χ0n) is 10.1. The van der Waals surface area contributed by atoms with E-state index < -0.39 is 0 Å². The third kappa shape index (κ3) is 2.69. The highest BCUT2D eigenvalue weighted by atomic mass is 16.3. The van der Waals surface area contributed by atoms with Crippen molar-refractivity contribution in [2.75, 3.05) is 33.8 Å². The molecule has 0 aromatic heterocycles. The standard InChI is InChI=1S/C11H22N2O2/c1-8(2)9-5-13(11(15)7-14)6-10(9)12(3)4/h8-10,14H,5-7H2,1-4H3/t9-,10+/m1/s1. The molecule has 15 heavy (non-hydrogen) atoms. The van der Waals surface area contributed by atoms with Crippen LogP contribution in [0.1, 0.15) is 13.8 Å². The van der Waals surface area contributed by atoms with E-state index in [1.165, 1.54) is 0 Å². The molecule has 1 fully saturated rings. The number of rotatable bonds is 3. The molecule has 1 heterocycles. The summed E-state index contributed by atoms with van der Waals surface area (Å²) in [7, 11) is 4.10. The van der Waals surface area contributed by atoms with E-state index in [2.05, 4.69) is 18.7 Å². The number of carbonyl (C=O) groups excluding carboxylic acids is 1. The Hall–Kier alpha value is -0.610. The van der Waals surface area contributed by atoms with E-state index in [1.54, 1.807) is 4.90 Å². The maximum atomic E-state index is 11.4. The van der Waals surface area contributed by atoms with E-state index in [1.807, 2.05) is 14.1 Å². The van der Waals surface area contributed by atoms with Gasteiger partial charge < -0.3 is 14.9 Å². The highest BCUT2D eigenvalue weighted by Gasteiger charge is 2.37. The van der Waals surface area contributed by atoms with Gasteiger partial charge in [-0.1, -0.05) is 13.8 Å². The SMILES string of the molecule is CC(C)[C@H]1CN(C(=O)CO)C[C@@H]1N(C)C. The van der Waals surface area contributed by atoms with Crippen molar-refractivity contribution in [3.63, 3.8) is 0 Å². The summed E-state index contributed by atoms with van der Waals surface area (Å²) in [6, 6.07) is 0.417. The molecule has 0 aromatic carbocycles. The Bertz CT molecular complexity index is 213. The molecule has 0 saturated carbocycles. The van der Waals surface area contributed by atoms with Crippen LogP contribution in [0.4, 0.5) is 0 Å². The Morgan fingerprint density at radius 2 is 2.07 bits per heavy atom. The monoisotopic (exact) mass is 214 g/mol. The minimum absolute atomic E-state index is 0.148. The minimum Gasteiger partial charge on any atom is -0.387 e. The fraction of sp³-hybridized carbons (Fsp3) is 0.909. The molecule has 88 valence electrons. The third-order valence-electron chi connectivity index (χ3n) is 3.34. The number of aliphatic hydroxyl groups excluding tert-OH is 1. The molecule has 4 nitrogen and oxygen atoms in total. The van der Waals surface area contributed by atoms with Crippen LogP contribution >= 0.6 is 0 Å². The first-order valence-electron chi connectivity index (χ1n) is 5.52. The number of hydrogen-bond acceptors (Lipinski definition) is 3. The summed E-state index contributed by atoms with van der Waals surface area (Å²) in [6.45, 7) is 5.53. The van der Waals surface area contributed by atoms with Crippen LogP contribution in [0.25, 0.3) is 0 Å². The molecule has 0 aliphatic carbocycles. The summed E-state index contributed by atoms with van der Waals surface area (Å²) in [5.41, 5.74) is 0. The Kier molecular flexibility index (Phi) is 4.11. The molecule has 1 saturated heterocycles. The molecule has 2 atom stereocenters. The first-order valence-corrected chi connectivity index (χ1v) is 5.52. The van der Waals surface area contributed by atoms with Crippen LogP contribution < -0.4 is 0 Å². The van der Waals surface area contributed by atoms with Crippen molar-refractivity contribution in [2.45, 2.75) is 19.9 Å². The molecule has 0 spiro atoms. The number of carbonyl (C=O) groups is 1. The van der Waals surface area contributed by atoms with E-state index in [9.17, 15) is 4.79 Å². The molecule has 0 unspecified atom stereocenters. The van der Waals surface area contributed by atoms with Crippen molar-refractivity contribution in [1.82, 2.24) is 9.80 Å². The van der Waals surface area contributed by atoms with Crippen LogP contribution in [-0.4, -0.2) is 60.6 Å². The topological polar surface area (TPSA) is 43.8 Å². The lowest BCUT2D eigenvalue weighted by Gasteiger charge is -2.27. The van der Waals surface area contributed by atoms with Crippen LogP contribution in [0.2, 0.25) is 0 Å². The van der Waals surface area contributed by atoms with Gasteiger partial charge in [0.05, 0.1) is 0 Å². The number of likely N-dealkylation sites (N-methyl/N-ethyl adjacent to an activating group) is 1. The molecule has 0 bridgehead atoms. The van der Waals surface area contributed by atoms with E-state index >= 15 is 0 Å². The fourth-order valence-corrected chi connectivity index (χ4v) is 2.32. The number of hydrogen-bond donors (Lipinski definition) is 1. The van der Waals surface area contributed by atoms with E-state index in [0.717, 1.165) is 13.1 Å². The molecule has 0 aromatic rings. The van der Waals surface area contributed by atoms with Crippen LogP contribution in [0.3, 0.4) is 0 Å². The maximum absolute atomic E-state index is 11.4. The van der Waals surface area contributed by atoms with Crippen molar-refractivity contribution in [3.8, 4) is 0 Å². The van der Waals surface area contributed by atoms with Gasteiger partial charge in [-0.05, 0) is 25.9 Å². The van der Waals surface area contributed by atoms with Gasteiger partial charge in [0.25, 0.3) is 0 Å². The van der Waals surface area contributed by atoms with Crippen molar-refractivity contribution in [3.05, 3.63) is 0 Å². The molecule has 1 aliphatic heterocycles. The van der Waals surface area contributed by atoms with E-state index in [-0.39, 0.29) is 12.5 Å². The molecule has 1 aliphatic rings. The zero-order valence-corrected chi connectivity index (χ0v) is 10.1. The lowest BCUT2D eigenvalue weighted by atomic mass is 9.91. The summed E-state index contributed by atoms with van der Waals surface area (Å²) < 4.78 is 0. The predicted molar refractivity (Wildman–Crippen MR) is 59.5 cm³/mol. The molecule has 1 amide bonds. The lowest BCUT2D eigenvalue weighted by molar-refractivity contribution is -0.133. The Labute approximate surface area is 91.9 Å². The summed E-state index contributed by atoms with van der Waals surface area (Å²) in [5, 5.41) is 8.84. The predicted octanol–water partition coefficient (Wildman–Crippen LogP) is 0.0233. The smallest absolute Gasteiger partial charge is 0.248 e. The third-order valence-corrected chi connectivity index (χ3v) is 3.34.